The molecule has 0 fully saturated rings. The fourth-order valence-electron chi connectivity index (χ4n) is 2.00. The molecule has 2 nitrogen and oxygen atoms in total. The van der Waals surface area contributed by atoms with E-state index in [0.717, 1.165) is 12.0 Å². The van der Waals surface area contributed by atoms with E-state index in [2.05, 4.69) is 13.8 Å². The second-order valence-corrected chi connectivity index (χ2v) is 6.49. The van der Waals surface area contributed by atoms with Crippen LogP contribution in [0.1, 0.15) is 35.5 Å². The molecule has 2 rings (SSSR count). The van der Waals surface area contributed by atoms with Gasteiger partial charge in [-0.05, 0) is 31.0 Å². The molecule has 0 aliphatic rings. The molecule has 106 valence electrons. The van der Waals surface area contributed by atoms with Crippen molar-refractivity contribution in [2.24, 2.45) is 0 Å². The van der Waals surface area contributed by atoms with Crippen LogP contribution in [0.15, 0.2) is 42.5 Å². The summed E-state index contributed by atoms with van der Waals surface area (Å²) < 4.78 is 0.650. The SMILES string of the molecule is CCC(C)N(Cc1ccccc1)C(=O)c1ccc(Cl)s1. The zero-order valence-electron chi connectivity index (χ0n) is 11.7. The average molecular weight is 308 g/mol. The summed E-state index contributed by atoms with van der Waals surface area (Å²) in [5.74, 6) is 0.0557. The summed E-state index contributed by atoms with van der Waals surface area (Å²) >= 11 is 7.27. The van der Waals surface area contributed by atoms with Gasteiger partial charge in [-0.25, -0.2) is 0 Å². The van der Waals surface area contributed by atoms with Crippen molar-refractivity contribution >= 4 is 28.8 Å². The van der Waals surface area contributed by atoms with Crippen molar-refractivity contribution in [3.05, 3.63) is 57.2 Å². The zero-order valence-corrected chi connectivity index (χ0v) is 13.2. The van der Waals surface area contributed by atoms with Crippen molar-refractivity contribution in [3.8, 4) is 0 Å². The van der Waals surface area contributed by atoms with Gasteiger partial charge in [0, 0.05) is 12.6 Å². The molecule has 0 bridgehead atoms. The summed E-state index contributed by atoms with van der Waals surface area (Å²) in [4.78, 5) is 15.3. The van der Waals surface area contributed by atoms with Crippen molar-refractivity contribution < 1.29 is 4.79 Å². The molecule has 0 saturated carbocycles. The first-order valence-corrected chi connectivity index (χ1v) is 7.91. The lowest BCUT2D eigenvalue weighted by Crippen LogP contribution is -2.37. The van der Waals surface area contributed by atoms with Crippen LogP contribution in [0.2, 0.25) is 4.34 Å². The fraction of sp³-hybridized carbons (Fsp3) is 0.312. The number of halogens is 1. The Labute approximate surface area is 129 Å². The number of nitrogens with zero attached hydrogens (tertiary/aromatic N) is 1. The molecule has 20 heavy (non-hydrogen) atoms. The highest BCUT2D eigenvalue weighted by molar-refractivity contribution is 7.17. The van der Waals surface area contributed by atoms with Gasteiger partial charge in [-0.1, -0.05) is 48.9 Å². The quantitative estimate of drug-likeness (QED) is 0.774. The van der Waals surface area contributed by atoms with Gasteiger partial charge in [0.2, 0.25) is 0 Å². The standard InChI is InChI=1S/C16H18ClNOS/c1-3-12(2)18(11-13-7-5-4-6-8-13)16(19)14-9-10-15(17)20-14/h4-10,12H,3,11H2,1-2H3. The van der Waals surface area contributed by atoms with E-state index in [9.17, 15) is 4.79 Å². The summed E-state index contributed by atoms with van der Waals surface area (Å²) in [6.07, 6.45) is 0.928. The number of carbonyl (C=O) groups is 1. The number of amides is 1. The predicted octanol–water partition coefficient (Wildman–Crippen LogP) is 4.84. The number of benzene rings is 1. The molecule has 1 aromatic heterocycles. The smallest absolute Gasteiger partial charge is 0.264 e. The van der Waals surface area contributed by atoms with E-state index < -0.39 is 0 Å². The highest BCUT2D eigenvalue weighted by Gasteiger charge is 2.22. The maximum Gasteiger partial charge on any atom is 0.264 e. The monoisotopic (exact) mass is 307 g/mol. The van der Waals surface area contributed by atoms with E-state index in [1.807, 2.05) is 35.2 Å². The van der Waals surface area contributed by atoms with Crippen molar-refractivity contribution in [2.75, 3.05) is 0 Å². The van der Waals surface area contributed by atoms with E-state index >= 15 is 0 Å². The summed E-state index contributed by atoms with van der Waals surface area (Å²) in [5, 5.41) is 0. The lowest BCUT2D eigenvalue weighted by Gasteiger charge is -2.28. The number of hydrogen-bond acceptors (Lipinski definition) is 2. The molecule has 0 radical (unpaired) electrons. The average Bonchev–Trinajstić information content (AvgIpc) is 2.91. The van der Waals surface area contributed by atoms with Crippen molar-refractivity contribution in [2.45, 2.75) is 32.9 Å². The minimum absolute atomic E-state index is 0.0557. The van der Waals surface area contributed by atoms with Gasteiger partial charge in [0.15, 0.2) is 0 Å². The maximum absolute atomic E-state index is 12.6. The molecule has 1 atom stereocenters. The van der Waals surface area contributed by atoms with Gasteiger partial charge < -0.3 is 4.90 Å². The first kappa shape index (κ1) is 15.1. The number of carbonyl (C=O) groups excluding carboxylic acids is 1. The highest BCUT2D eigenvalue weighted by Crippen LogP contribution is 2.24. The number of hydrogen-bond donors (Lipinski definition) is 0. The Morgan fingerprint density at radius 3 is 2.50 bits per heavy atom. The van der Waals surface area contributed by atoms with Gasteiger partial charge in [0.1, 0.15) is 0 Å². The maximum atomic E-state index is 12.6. The lowest BCUT2D eigenvalue weighted by atomic mass is 10.1. The van der Waals surface area contributed by atoms with E-state index in [0.29, 0.717) is 15.8 Å². The van der Waals surface area contributed by atoms with Gasteiger partial charge in [-0.15, -0.1) is 11.3 Å². The van der Waals surface area contributed by atoms with E-state index in [4.69, 9.17) is 11.6 Å². The topological polar surface area (TPSA) is 20.3 Å². The van der Waals surface area contributed by atoms with Gasteiger partial charge in [0.25, 0.3) is 5.91 Å². The Bertz CT molecular complexity index is 567. The zero-order chi connectivity index (χ0) is 14.5. The van der Waals surface area contributed by atoms with Crippen LogP contribution in [0.4, 0.5) is 0 Å². The second kappa shape index (κ2) is 6.91. The fourth-order valence-corrected chi connectivity index (χ4v) is 3.00. The van der Waals surface area contributed by atoms with Crippen LogP contribution in [-0.2, 0) is 6.54 Å². The number of thiophene rings is 1. The molecule has 0 spiro atoms. The molecule has 1 heterocycles. The highest BCUT2D eigenvalue weighted by atomic mass is 35.5. The molecule has 1 unspecified atom stereocenters. The third-order valence-electron chi connectivity index (χ3n) is 3.36. The van der Waals surface area contributed by atoms with Crippen molar-refractivity contribution in [1.29, 1.82) is 0 Å². The summed E-state index contributed by atoms with van der Waals surface area (Å²) in [6.45, 7) is 4.80. The molecule has 0 N–H and O–H groups in total. The lowest BCUT2D eigenvalue weighted by molar-refractivity contribution is 0.0676. The van der Waals surface area contributed by atoms with Crippen LogP contribution < -0.4 is 0 Å². The van der Waals surface area contributed by atoms with Gasteiger partial charge in [0.05, 0.1) is 9.21 Å². The Morgan fingerprint density at radius 2 is 1.95 bits per heavy atom. The van der Waals surface area contributed by atoms with Crippen molar-refractivity contribution in [1.82, 2.24) is 4.90 Å². The normalized spacial score (nSPS) is 12.2. The largest absolute Gasteiger partial charge is 0.331 e. The van der Waals surface area contributed by atoms with E-state index in [1.165, 1.54) is 11.3 Å². The molecule has 1 aromatic carbocycles. The molecule has 0 aliphatic carbocycles. The van der Waals surface area contributed by atoms with Crippen LogP contribution in [0.25, 0.3) is 0 Å². The Kier molecular flexibility index (Phi) is 5.21. The van der Waals surface area contributed by atoms with Crippen LogP contribution in [0.3, 0.4) is 0 Å². The minimum atomic E-state index is 0.0557. The molecule has 2 aromatic rings. The van der Waals surface area contributed by atoms with E-state index in [1.54, 1.807) is 12.1 Å². The van der Waals surface area contributed by atoms with Crippen LogP contribution in [0, 0.1) is 0 Å². The van der Waals surface area contributed by atoms with Crippen LogP contribution in [0.5, 0.6) is 0 Å². The first-order valence-electron chi connectivity index (χ1n) is 6.72. The third-order valence-corrected chi connectivity index (χ3v) is 4.58. The van der Waals surface area contributed by atoms with Gasteiger partial charge in [-0.3, -0.25) is 4.79 Å². The molecular formula is C16H18ClNOS. The molecule has 0 saturated heterocycles. The van der Waals surface area contributed by atoms with E-state index in [-0.39, 0.29) is 11.9 Å². The summed E-state index contributed by atoms with van der Waals surface area (Å²) in [5.41, 5.74) is 1.14. The predicted molar refractivity (Wildman–Crippen MR) is 85.4 cm³/mol. The Morgan fingerprint density at radius 1 is 1.25 bits per heavy atom. The van der Waals surface area contributed by atoms with Crippen LogP contribution >= 0.6 is 22.9 Å². The minimum Gasteiger partial charge on any atom is -0.331 e. The molecule has 0 aliphatic heterocycles. The van der Waals surface area contributed by atoms with Gasteiger partial charge >= 0.3 is 0 Å². The number of rotatable bonds is 5. The van der Waals surface area contributed by atoms with Gasteiger partial charge in [-0.2, -0.15) is 0 Å². The second-order valence-electron chi connectivity index (χ2n) is 4.78. The third kappa shape index (κ3) is 3.62. The molecule has 4 heteroatoms. The van der Waals surface area contributed by atoms with Crippen LogP contribution in [-0.4, -0.2) is 16.8 Å². The summed E-state index contributed by atoms with van der Waals surface area (Å²) in [6, 6.07) is 13.8. The molecular weight excluding hydrogens is 290 g/mol. The first-order chi connectivity index (χ1) is 9.61. The Hall–Kier alpha value is -1.32. The molecule has 1 amide bonds. The Balaban J connectivity index is 2.21. The van der Waals surface area contributed by atoms with Crippen molar-refractivity contribution in [3.63, 3.8) is 0 Å². The summed E-state index contributed by atoms with van der Waals surface area (Å²) in [7, 11) is 0.